The van der Waals surface area contributed by atoms with E-state index < -0.39 is 0 Å². The Morgan fingerprint density at radius 3 is 1.63 bits per heavy atom. The van der Waals surface area contributed by atoms with Gasteiger partial charge in [0.1, 0.15) is 0 Å². The number of ether oxygens (including phenoxy) is 2. The molecule has 0 spiro atoms. The fourth-order valence-corrected chi connectivity index (χ4v) is 4.36. The summed E-state index contributed by atoms with van der Waals surface area (Å²) in [7, 11) is 4.03. The number of nitrogens with zero attached hydrogens (tertiary/aromatic N) is 2. The number of esters is 2. The molecule has 0 aliphatic rings. The second kappa shape index (κ2) is 27.0. The lowest BCUT2D eigenvalue weighted by Crippen LogP contribution is -2.35. The molecular formula is C31H60N2O5. The molecule has 38 heavy (non-hydrogen) atoms. The monoisotopic (exact) mass is 540 g/mol. The summed E-state index contributed by atoms with van der Waals surface area (Å²) in [6.45, 7) is 7.16. The van der Waals surface area contributed by atoms with Gasteiger partial charge in [0.2, 0.25) is 5.91 Å². The van der Waals surface area contributed by atoms with Crippen molar-refractivity contribution >= 4 is 17.8 Å². The van der Waals surface area contributed by atoms with Crippen molar-refractivity contribution in [2.24, 2.45) is 0 Å². The van der Waals surface area contributed by atoms with E-state index in [-0.39, 0.29) is 24.3 Å². The fraction of sp³-hybridized carbons (Fsp3) is 0.903. The minimum atomic E-state index is -0.239. The third-order valence-corrected chi connectivity index (χ3v) is 6.72. The Kier molecular flexibility index (Phi) is 25.8. The normalized spacial score (nSPS) is 11.1. The molecule has 1 amide bonds. The highest BCUT2D eigenvalue weighted by Gasteiger charge is 2.15. The third-order valence-electron chi connectivity index (χ3n) is 6.72. The summed E-state index contributed by atoms with van der Waals surface area (Å²) in [6.07, 6.45) is 19.0. The number of carbonyl (C=O) groups excluding carboxylic acids is 3. The molecule has 0 rings (SSSR count). The molecular weight excluding hydrogens is 480 g/mol. The van der Waals surface area contributed by atoms with Crippen LogP contribution in [0.15, 0.2) is 0 Å². The summed E-state index contributed by atoms with van der Waals surface area (Å²) in [5.74, 6) is -0.237. The molecule has 0 aromatic heterocycles. The van der Waals surface area contributed by atoms with E-state index in [2.05, 4.69) is 11.8 Å². The van der Waals surface area contributed by atoms with Crippen LogP contribution in [-0.4, -0.2) is 74.6 Å². The van der Waals surface area contributed by atoms with Gasteiger partial charge in [-0.3, -0.25) is 14.4 Å². The van der Waals surface area contributed by atoms with Crippen LogP contribution in [0.3, 0.4) is 0 Å². The van der Waals surface area contributed by atoms with Gasteiger partial charge in [-0.05, 0) is 52.7 Å². The summed E-state index contributed by atoms with van der Waals surface area (Å²) >= 11 is 0. The molecule has 0 aromatic carbocycles. The second-order valence-electron chi connectivity index (χ2n) is 10.8. The van der Waals surface area contributed by atoms with Gasteiger partial charge in [0.25, 0.3) is 0 Å². The second-order valence-corrected chi connectivity index (χ2v) is 10.8. The molecule has 0 saturated carbocycles. The molecule has 0 N–H and O–H groups in total. The van der Waals surface area contributed by atoms with Crippen LogP contribution in [0, 0.1) is 0 Å². The number of rotatable bonds is 27. The predicted octanol–water partition coefficient (Wildman–Crippen LogP) is 6.91. The molecule has 0 unspecified atom stereocenters. The van der Waals surface area contributed by atoms with Crippen molar-refractivity contribution in [2.75, 3.05) is 46.9 Å². The molecule has 0 atom stereocenters. The highest BCUT2D eigenvalue weighted by molar-refractivity contribution is 5.77. The Bertz CT molecular complexity index is 583. The van der Waals surface area contributed by atoms with Gasteiger partial charge in [-0.1, -0.05) is 84.5 Å². The van der Waals surface area contributed by atoms with Crippen molar-refractivity contribution in [1.82, 2.24) is 9.80 Å². The Hall–Kier alpha value is -1.63. The molecule has 0 heterocycles. The van der Waals surface area contributed by atoms with E-state index in [1.54, 1.807) is 0 Å². The minimum absolute atomic E-state index is 0.0981. The van der Waals surface area contributed by atoms with Gasteiger partial charge < -0.3 is 19.3 Å². The van der Waals surface area contributed by atoms with Crippen molar-refractivity contribution in [3.05, 3.63) is 0 Å². The van der Waals surface area contributed by atoms with Gasteiger partial charge in [0.05, 0.1) is 19.6 Å². The van der Waals surface area contributed by atoms with Crippen LogP contribution in [-0.2, 0) is 23.9 Å². The van der Waals surface area contributed by atoms with Gasteiger partial charge in [-0.15, -0.1) is 0 Å². The summed E-state index contributed by atoms with van der Waals surface area (Å²) in [4.78, 5) is 40.5. The largest absolute Gasteiger partial charge is 0.466 e. The van der Waals surface area contributed by atoms with Crippen molar-refractivity contribution in [2.45, 2.75) is 136 Å². The highest BCUT2D eigenvalue weighted by atomic mass is 16.5. The summed E-state index contributed by atoms with van der Waals surface area (Å²) < 4.78 is 10.5. The first-order valence-electron chi connectivity index (χ1n) is 15.6. The predicted molar refractivity (Wildman–Crippen MR) is 156 cm³/mol. The third kappa shape index (κ3) is 24.7. The lowest BCUT2D eigenvalue weighted by Gasteiger charge is -2.23. The van der Waals surface area contributed by atoms with E-state index in [1.807, 2.05) is 25.9 Å². The molecule has 0 radical (unpaired) electrons. The van der Waals surface area contributed by atoms with Crippen LogP contribution in [0.5, 0.6) is 0 Å². The van der Waals surface area contributed by atoms with Gasteiger partial charge in [0, 0.05) is 25.9 Å². The number of carbonyl (C=O) groups is 3. The lowest BCUT2D eigenvalue weighted by atomic mass is 10.1. The Morgan fingerprint density at radius 1 is 0.500 bits per heavy atom. The molecule has 0 aliphatic carbocycles. The molecule has 224 valence electrons. The van der Waals surface area contributed by atoms with Crippen LogP contribution in [0.1, 0.15) is 136 Å². The topological polar surface area (TPSA) is 76.2 Å². The van der Waals surface area contributed by atoms with E-state index >= 15 is 0 Å². The maximum absolute atomic E-state index is 12.8. The number of unbranched alkanes of at least 4 members (excludes halogenated alkanes) is 12. The van der Waals surface area contributed by atoms with E-state index in [0.717, 1.165) is 57.9 Å². The van der Waals surface area contributed by atoms with E-state index in [4.69, 9.17) is 9.47 Å². The molecule has 7 nitrogen and oxygen atoms in total. The van der Waals surface area contributed by atoms with Gasteiger partial charge in [0.15, 0.2) is 0 Å². The van der Waals surface area contributed by atoms with E-state index in [1.165, 1.54) is 51.4 Å². The first-order valence-corrected chi connectivity index (χ1v) is 15.6. The first-order chi connectivity index (χ1) is 18.4. The van der Waals surface area contributed by atoms with Gasteiger partial charge in [-0.2, -0.15) is 0 Å². The van der Waals surface area contributed by atoms with E-state index in [0.29, 0.717) is 39.1 Å². The first kappa shape index (κ1) is 36.4. The van der Waals surface area contributed by atoms with Crippen LogP contribution < -0.4 is 0 Å². The molecule has 0 aromatic rings. The minimum Gasteiger partial charge on any atom is -0.466 e. The van der Waals surface area contributed by atoms with Crippen LogP contribution >= 0.6 is 0 Å². The van der Waals surface area contributed by atoms with E-state index in [9.17, 15) is 14.4 Å². The fourth-order valence-electron chi connectivity index (χ4n) is 4.36. The number of amides is 1. The average Bonchev–Trinajstić information content (AvgIpc) is 2.89. The van der Waals surface area contributed by atoms with Crippen molar-refractivity contribution in [3.63, 3.8) is 0 Å². The molecule has 7 heteroatoms. The van der Waals surface area contributed by atoms with Crippen molar-refractivity contribution in [3.8, 4) is 0 Å². The standard InChI is InChI=1S/C31H60N2O5/c1-5-7-8-9-10-11-12-13-16-19-28-38-30(35)22-18-15-14-17-21-29(34)33(25-20-24-32(3)4)26-23-31(36)37-27-6-2/h5-28H2,1-4H3. The Balaban J connectivity index is 3.86. The molecule has 0 bridgehead atoms. The van der Waals surface area contributed by atoms with Crippen molar-refractivity contribution < 1.29 is 23.9 Å². The Morgan fingerprint density at radius 2 is 1.03 bits per heavy atom. The quantitative estimate of drug-likeness (QED) is 0.0832. The van der Waals surface area contributed by atoms with Crippen LogP contribution in [0.2, 0.25) is 0 Å². The SMILES string of the molecule is CCCCCCCCCCCCOC(=O)CCCCCCC(=O)N(CCCN(C)C)CCC(=O)OCCC. The summed E-state index contributed by atoms with van der Waals surface area (Å²) in [6, 6.07) is 0. The average molecular weight is 541 g/mol. The maximum Gasteiger partial charge on any atom is 0.307 e. The summed E-state index contributed by atoms with van der Waals surface area (Å²) in [5, 5.41) is 0. The van der Waals surface area contributed by atoms with Crippen LogP contribution in [0.4, 0.5) is 0 Å². The zero-order valence-corrected chi connectivity index (χ0v) is 25.4. The zero-order valence-electron chi connectivity index (χ0n) is 25.4. The molecule has 0 fully saturated rings. The summed E-state index contributed by atoms with van der Waals surface area (Å²) in [5.41, 5.74) is 0. The van der Waals surface area contributed by atoms with Gasteiger partial charge in [-0.25, -0.2) is 0 Å². The Labute approximate surface area is 234 Å². The van der Waals surface area contributed by atoms with Gasteiger partial charge >= 0.3 is 11.9 Å². The number of hydrogen-bond donors (Lipinski definition) is 0. The molecule has 0 aliphatic heterocycles. The highest BCUT2D eigenvalue weighted by Crippen LogP contribution is 2.12. The lowest BCUT2D eigenvalue weighted by molar-refractivity contribution is -0.145. The molecule has 0 saturated heterocycles. The van der Waals surface area contributed by atoms with Crippen molar-refractivity contribution in [1.29, 1.82) is 0 Å². The maximum atomic E-state index is 12.8. The number of hydrogen-bond acceptors (Lipinski definition) is 6. The zero-order chi connectivity index (χ0) is 28.3. The van der Waals surface area contributed by atoms with Crippen LogP contribution in [0.25, 0.3) is 0 Å². The smallest absolute Gasteiger partial charge is 0.307 e.